The number of likely N-dealkylation sites (N-methyl/N-ethyl adjacent to an activating group) is 2. The van der Waals surface area contributed by atoms with Crippen molar-refractivity contribution >= 4 is 69.8 Å². The first-order valence-corrected chi connectivity index (χ1v) is 46.7. The van der Waals surface area contributed by atoms with Crippen LogP contribution in [0.5, 0.6) is 0 Å². The van der Waals surface area contributed by atoms with E-state index in [1.165, 1.54) is 117 Å². The Morgan fingerprint density at radius 2 is 0.648 bits per heavy atom. The molecule has 14 rings (SSSR count). The molecule has 4 atom stereocenters. The molecule has 2 aliphatic carbocycles. The maximum atomic E-state index is 13.1. The first kappa shape index (κ1) is 101. The molecule has 128 heavy (non-hydrogen) atoms. The highest BCUT2D eigenvalue weighted by atomic mass is 35.5. The van der Waals surface area contributed by atoms with Crippen molar-refractivity contribution in [3.8, 4) is 0 Å². The van der Waals surface area contributed by atoms with Crippen molar-refractivity contribution in [1.29, 1.82) is 0 Å². The zero-order valence-electron chi connectivity index (χ0n) is 74.3. The summed E-state index contributed by atoms with van der Waals surface area (Å²) in [6.07, 6.45) is 2.15. The summed E-state index contributed by atoms with van der Waals surface area (Å²) >= 11 is 24.1. The van der Waals surface area contributed by atoms with Crippen LogP contribution in [0.4, 0.5) is 60.5 Å². The highest BCUT2D eigenvalue weighted by Crippen LogP contribution is 2.37. The number of urea groups is 2. The summed E-state index contributed by atoms with van der Waals surface area (Å²) in [5.41, 5.74) is 7.01. The monoisotopic (exact) mass is 1860 g/mol. The fourth-order valence-corrected chi connectivity index (χ4v) is 19.0. The van der Waals surface area contributed by atoms with Crippen molar-refractivity contribution in [2.24, 2.45) is 0 Å². The zero-order valence-corrected chi connectivity index (χ0v) is 77.3. The first-order chi connectivity index (χ1) is 61.2. The minimum absolute atomic E-state index is 0. The molecular formula is C99H133Cl4F9N14O2. The van der Waals surface area contributed by atoms with E-state index in [0.29, 0.717) is 50.5 Å². The van der Waals surface area contributed by atoms with Crippen molar-refractivity contribution in [3.63, 3.8) is 0 Å². The molecule has 6 aliphatic rings. The highest BCUT2D eigenvalue weighted by molar-refractivity contribution is 6.35. The maximum absolute atomic E-state index is 13.1. The average molecular weight is 1860 g/mol. The van der Waals surface area contributed by atoms with Crippen LogP contribution < -0.4 is 31.9 Å². The van der Waals surface area contributed by atoms with E-state index in [1.54, 1.807) is 48.5 Å². The van der Waals surface area contributed by atoms with Gasteiger partial charge in [0.15, 0.2) is 0 Å². The Balaban J connectivity index is 0.000000214. The number of alkyl halides is 9. The van der Waals surface area contributed by atoms with Crippen molar-refractivity contribution in [1.82, 2.24) is 60.5 Å². The number of nitrogens with zero attached hydrogens (tertiary/aromatic N) is 8. The quantitative estimate of drug-likeness (QED) is 0.0228. The van der Waals surface area contributed by atoms with E-state index in [2.05, 4.69) is 135 Å². The molecule has 0 aromatic heterocycles. The summed E-state index contributed by atoms with van der Waals surface area (Å²) in [6.45, 7) is 25.7. The Bertz CT molecular complexity index is 4590. The number of benzene rings is 8. The molecule has 16 nitrogen and oxygen atoms in total. The largest absolute Gasteiger partial charge is 0.416 e. The third-order valence-corrected chi connectivity index (χ3v) is 26.3. The number of hydrogen-bond acceptors (Lipinski definition) is 12. The van der Waals surface area contributed by atoms with Crippen molar-refractivity contribution in [2.75, 3.05) is 169 Å². The smallest absolute Gasteiger partial charge is 0.336 e. The molecule has 8 aromatic rings. The molecule has 6 fully saturated rings. The fourth-order valence-electron chi connectivity index (χ4n) is 17.9. The van der Waals surface area contributed by atoms with Crippen LogP contribution in [0.1, 0.15) is 169 Å². The van der Waals surface area contributed by atoms with Gasteiger partial charge in [-0.1, -0.05) is 215 Å². The van der Waals surface area contributed by atoms with Gasteiger partial charge in [-0.3, -0.25) is 29.4 Å². The fraction of sp³-hybridized carbons (Fsp3) is 0.495. The topological polar surface area (TPSA) is 132 Å². The lowest BCUT2D eigenvalue weighted by Crippen LogP contribution is -2.53. The summed E-state index contributed by atoms with van der Waals surface area (Å²) in [6, 6.07) is 56.5. The first-order valence-electron chi connectivity index (χ1n) is 45.2. The van der Waals surface area contributed by atoms with Crippen LogP contribution in [0.25, 0.3) is 0 Å². The summed E-state index contributed by atoms with van der Waals surface area (Å²) in [5.74, 6) is 0. The van der Waals surface area contributed by atoms with Gasteiger partial charge in [0.05, 0.1) is 28.8 Å². The highest BCUT2D eigenvalue weighted by Gasteiger charge is 2.37. The Hall–Kier alpha value is -7.57. The minimum Gasteiger partial charge on any atom is -0.336 e. The summed E-state index contributed by atoms with van der Waals surface area (Å²) < 4.78 is 117. The lowest BCUT2D eigenvalue weighted by atomic mass is 9.86. The number of halogens is 13. The SMILES string of the molecule is CC(C)(C)c1ccc(C(CNC(=O)Nc2ccccc2)N2CCN(C3CCCCC3)CC2)cc1.CN1CCN(C(CNC(=O)Nc2cc(Cl)cc(Cl)c2)c2ccc(C(F)(F)F)cc2)CC1.CN1CCN(C(CNCCc2ccccc2)c2ccc(C(F)(F)F)cc2)CC1.FC(F)(F)c1ccc(C(CNCCc2cc(Cl)cc(Cl)c2)N2CCN(C3CCCCC3)CC2)cc1.[HH].[HH].[HH]. The summed E-state index contributed by atoms with van der Waals surface area (Å²) in [4.78, 5) is 44.4. The molecular weight excluding hydrogens is 1730 g/mol. The van der Waals surface area contributed by atoms with Crippen LogP contribution in [0.15, 0.2) is 194 Å². The number of carbonyl (C=O) groups is 2. The van der Waals surface area contributed by atoms with Gasteiger partial charge in [-0.2, -0.15) is 39.5 Å². The third kappa shape index (κ3) is 32.4. The Morgan fingerprint density at radius 1 is 0.352 bits per heavy atom. The Kier molecular flexibility index (Phi) is 38.8. The van der Waals surface area contributed by atoms with Gasteiger partial charge < -0.3 is 41.7 Å². The van der Waals surface area contributed by atoms with Crippen LogP contribution in [0, 0.1) is 0 Å². The van der Waals surface area contributed by atoms with Crippen molar-refractivity contribution in [2.45, 2.75) is 158 Å². The number of anilines is 2. The number of piperazine rings is 4. The molecule has 0 spiro atoms. The number of para-hydroxylation sites is 1. The van der Waals surface area contributed by atoms with Gasteiger partial charge >= 0.3 is 30.6 Å². The Labute approximate surface area is 775 Å². The standard InChI is InChI=1S/C29H42N4O.C27H34Cl2F3N3.C22H28F3N3.C21H23Cl2F3N4O.3H2/c1-29(2,3)24-16-14-23(15-17-24)27(22-30-28(34)31-25-10-6-4-7-11-25)33-20-18-32(19-21-33)26-12-8-5-9-13-26;28-23-16-20(17-24(29)18-23)10-11-33-19-26(21-6-8-22(9-7-21)27(30,31)32)35-14-12-34(13-15-35)25-4-2-1-3-5-25;1-27-13-15-28(16-14-27)21(17-26-12-11-18-5-3-2-4-6-18)19-7-9-20(10-8-19)22(23,24)25;1-29-6-8-30(9-7-29)19(14-2-4-15(5-3-14)21(24,25)26)13-27-20(31)28-18-11-16(22)10-17(23)12-18;;;/h4,6-7,10-11,14-17,26-27H,5,8-9,12-13,18-22H2,1-3H3,(H2,30,31,34);6-9,16-18,25-26,33H,1-5,10-15,19H2;2-10,21,26H,11-17H2,1H3;2-5,10-12,19H,6-9,13H2,1H3,(H2,27,28,31);3*1H. The van der Waals surface area contributed by atoms with E-state index in [0.717, 1.165) is 178 Å². The van der Waals surface area contributed by atoms with Crippen LogP contribution in [0.3, 0.4) is 0 Å². The number of rotatable bonds is 26. The molecule has 6 N–H and O–H groups in total. The van der Waals surface area contributed by atoms with Gasteiger partial charge in [-0.05, 0) is 195 Å². The van der Waals surface area contributed by atoms with E-state index >= 15 is 0 Å². The van der Waals surface area contributed by atoms with Gasteiger partial charge in [0.2, 0.25) is 0 Å². The summed E-state index contributed by atoms with van der Waals surface area (Å²) in [5, 5.41) is 20.6. The molecule has 8 aromatic carbocycles. The maximum Gasteiger partial charge on any atom is 0.416 e. The summed E-state index contributed by atoms with van der Waals surface area (Å²) in [7, 11) is 4.12. The van der Waals surface area contributed by atoms with Gasteiger partial charge in [0.25, 0.3) is 0 Å². The van der Waals surface area contributed by atoms with Gasteiger partial charge in [-0.15, -0.1) is 0 Å². The molecule has 2 saturated carbocycles. The predicted octanol–water partition coefficient (Wildman–Crippen LogP) is 22.3. The lowest BCUT2D eigenvalue weighted by molar-refractivity contribution is -0.138. The van der Waals surface area contributed by atoms with Gasteiger partial charge in [0, 0.05) is 191 Å². The molecule has 4 aliphatic heterocycles. The second-order valence-electron chi connectivity index (χ2n) is 35.6. The number of hydrogen-bond donors (Lipinski definition) is 6. The Morgan fingerprint density at radius 3 is 0.984 bits per heavy atom. The average Bonchev–Trinajstić information content (AvgIpc) is 0.832. The van der Waals surface area contributed by atoms with Crippen molar-refractivity contribution in [3.05, 3.63) is 270 Å². The second-order valence-corrected chi connectivity index (χ2v) is 37.3. The normalized spacial score (nSPS) is 18.5. The van der Waals surface area contributed by atoms with E-state index in [4.69, 9.17) is 46.4 Å². The van der Waals surface area contributed by atoms with E-state index in [1.807, 2.05) is 67.7 Å². The minimum atomic E-state index is -4.39. The lowest BCUT2D eigenvalue weighted by Gasteiger charge is -2.43. The third-order valence-electron chi connectivity index (χ3n) is 25.4. The predicted molar refractivity (Wildman–Crippen MR) is 508 cm³/mol. The molecule has 4 amide bonds. The van der Waals surface area contributed by atoms with Crippen LogP contribution in [-0.4, -0.2) is 221 Å². The molecule has 4 unspecified atom stereocenters. The molecule has 4 saturated heterocycles. The van der Waals surface area contributed by atoms with Crippen LogP contribution >= 0.6 is 46.4 Å². The molecule has 4 heterocycles. The van der Waals surface area contributed by atoms with Gasteiger partial charge in [-0.25, -0.2) is 9.59 Å². The molecule has 702 valence electrons. The number of amides is 4. The van der Waals surface area contributed by atoms with E-state index in [9.17, 15) is 49.1 Å². The van der Waals surface area contributed by atoms with Crippen molar-refractivity contribution < 1.29 is 53.4 Å². The number of carbonyl (C=O) groups excluding carboxylic acids is 2. The van der Waals surface area contributed by atoms with Crippen LogP contribution in [0.2, 0.25) is 20.1 Å². The number of nitrogens with one attached hydrogen (secondary N) is 6. The zero-order chi connectivity index (χ0) is 91.4. The van der Waals surface area contributed by atoms with Crippen LogP contribution in [-0.2, 0) is 36.8 Å². The van der Waals surface area contributed by atoms with Gasteiger partial charge in [0.1, 0.15) is 0 Å². The second kappa shape index (κ2) is 49.2. The van der Waals surface area contributed by atoms with E-state index < -0.39 is 41.3 Å². The molecule has 0 radical (unpaired) electrons. The molecule has 29 heteroatoms. The van der Waals surface area contributed by atoms with E-state index in [-0.39, 0.29) is 46.4 Å². The molecule has 0 bridgehead atoms.